The second-order valence-corrected chi connectivity index (χ2v) is 5.04. The molecule has 22 heavy (non-hydrogen) atoms. The zero-order valence-corrected chi connectivity index (χ0v) is 12.5. The number of nitrogens with one attached hydrogen (secondary N) is 1. The van der Waals surface area contributed by atoms with Crippen molar-refractivity contribution in [2.24, 2.45) is 0 Å². The first kappa shape index (κ1) is 14.1. The second-order valence-electron chi connectivity index (χ2n) is 5.04. The number of hydrogen-bond donors (Lipinski definition) is 1. The van der Waals surface area contributed by atoms with Gasteiger partial charge in [0.1, 0.15) is 11.4 Å². The third-order valence-electron chi connectivity index (χ3n) is 3.53. The van der Waals surface area contributed by atoms with Crippen molar-refractivity contribution in [2.45, 2.75) is 13.5 Å². The lowest BCUT2D eigenvalue weighted by atomic mass is 10.2. The number of methoxy groups -OCH3 is 1. The number of aromatic nitrogens is 2. The summed E-state index contributed by atoms with van der Waals surface area (Å²) in [6, 6.07) is 12.9. The monoisotopic (exact) mass is 295 g/mol. The zero-order valence-electron chi connectivity index (χ0n) is 12.5. The minimum atomic E-state index is -0.128. The number of fused-ring (bicyclic) bond motifs is 1. The Balaban J connectivity index is 1.70. The Kier molecular flexibility index (Phi) is 3.78. The smallest absolute Gasteiger partial charge is 0.251 e. The molecule has 0 bridgehead atoms. The van der Waals surface area contributed by atoms with E-state index in [4.69, 9.17) is 4.74 Å². The van der Waals surface area contributed by atoms with Crippen LogP contribution < -0.4 is 10.1 Å². The van der Waals surface area contributed by atoms with Crippen LogP contribution in [-0.4, -0.2) is 22.4 Å². The summed E-state index contributed by atoms with van der Waals surface area (Å²) in [6.07, 6.45) is 1.94. The number of carbonyl (C=O) groups is 1. The fourth-order valence-electron chi connectivity index (χ4n) is 2.30. The molecule has 2 aromatic heterocycles. The molecule has 0 radical (unpaired) electrons. The van der Waals surface area contributed by atoms with E-state index >= 15 is 0 Å². The second kappa shape index (κ2) is 5.89. The van der Waals surface area contributed by atoms with Gasteiger partial charge in [0.05, 0.1) is 19.3 Å². The van der Waals surface area contributed by atoms with Gasteiger partial charge in [0.25, 0.3) is 5.91 Å². The van der Waals surface area contributed by atoms with Gasteiger partial charge in [-0.15, -0.1) is 0 Å². The number of ether oxygens (including phenoxy) is 1. The highest BCUT2D eigenvalue weighted by Crippen LogP contribution is 2.12. The average molecular weight is 295 g/mol. The zero-order chi connectivity index (χ0) is 15.5. The fourth-order valence-corrected chi connectivity index (χ4v) is 2.30. The van der Waals surface area contributed by atoms with Crippen molar-refractivity contribution in [2.75, 3.05) is 7.11 Å². The van der Waals surface area contributed by atoms with Crippen molar-refractivity contribution in [3.63, 3.8) is 0 Å². The molecule has 1 N–H and O–H groups in total. The van der Waals surface area contributed by atoms with Gasteiger partial charge in [-0.2, -0.15) is 0 Å². The number of imidazole rings is 1. The maximum Gasteiger partial charge on any atom is 0.251 e. The van der Waals surface area contributed by atoms with Gasteiger partial charge in [0, 0.05) is 17.5 Å². The highest BCUT2D eigenvalue weighted by molar-refractivity contribution is 5.94. The molecular formula is C17H17N3O2. The van der Waals surface area contributed by atoms with Gasteiger partial charge in [0.2, 0.25) is 0 Å². The van der Waals surface area contributed by atoms with E-state index in [-0.39, 0.29) is 5.91 Å². The van der Waals surface area contributed by atoms with Crippen LogP contribution in [0.2, 0.25) is 0 Å². The quantitative estimate of drug-likeness (QED) is 0.805. The predicted octanol–water partition coefficient (Wildman–Crippen LogP) is 2.58. The maximum absolute atomic E-state index is 12.1. The van der Waals surface area contributed by atoms with Gasteiger partial charge in [-0.05, 0) is 43.3 Å². The van der Waals surface area contributed by atoms with Crippen LogP contribution in [0.1, 0.15) is 21.7 Å². The highest BCUT2D eigenvalue weighted by Gasteiger charge is 2.08. The van der Waals surface area contributed by atoms with E-state index in [0.29, 0.717) is 12.1 Å². The van der Waals surface area contributed by atoms with Gasteiger partial charge in [-0.1, -0.05) is 6.07 Å². The van der Waals surface area contributed by atoms with Crippen LogP contribution in [0.5, 0.6) is 5.75 Å². The summed E-state index contributed by atoms with van der Waals surface area (Å²) in [5.41, 5.74) is 3.42. The molecule has 0 aliphatic rings. The van der Waals surface area contributed by atoms with Crippen molar-refractivity contribution in [1.82, 2.24) is 14.7 Å². The molecule has 0 saturated heterocycles. The number of hydrogen-bond acceptors (Lipinski definition) is 3. The molecule has 1 amide bonds. The molecule has 0 aliphatic heterocycles. The van der Waals surface area contributed by atoms with Crippen LogP contribution in [-0.2, 0) is 6.54 Å². The van der Waals surface area contributed by atoms with E-state index < -0.39 is 0 Å². The van der Waals surface area contributed by atoms with E-state index in [1.54, 1.807) is 31.4 Å². The molecular weight excluding hydrogens is 278 g/mol. The maximum atomic E-state index is 12.1. The van der Waals surface area contributed by atoms with E-state index in [1.807, 2.05) is 35.7 Å². The van der Waals surface area contributed by atoms with E-state index in [1.165, 1.54) is 0 Å². The normalized spacial score (nSPS) is 10.6. The summed E-state index contributed by atoms with van der Waals surface area (Å²) >= 11 is 0. The highest BCUT2D eigenvalue weighted by atomic mass is 16.5. The molecule has 0 atom stereocenters. The third kappa shape index (κ3) is 2.79. The van der Waals surface area contributed by atoms with Crippen LogP contribution in [0.4, 0.5) is 0 Å². The first-order valence-corrected chi connectivity index (χ1v) is 7.03. The number of carbonyl (C=O) groups excluding carboxylic acids is 1. The SMILES string of the molecule is COc1ccc(C(=O)NCc2cn3c(C)cccc3n2)cc1. The molecule has 0 unspecified atom stereocenters. The summed E-state index contributed by atoms with van der Waals surface area (Å²) < 4.78 is 7.09. The van der Waals surface area contributed by atoms with Gasteiger partial charge in [0.15, 0.2) is 0 Å². The Bertz CT molecular complexity index is 806. The molecule has 0 spiro atoms. The Morgan fingerprint density at radius 1 is 1.23 bits per heavy atom. The standard InChI is InChI=1S/C17H17N3O2/c1-12-4-3-5-16-19-14(11-20(12)16)10-18-17(21)13-6-8-15(22-2)9-7-13/h3-9,11H,10H2,1-2H3,(H,18,21). The number of rotatable bonds is 4. The lowest BCUT2D eigenvalue weighted by Crippen LogP contribution is -2.22. The van der Waals surface area contributed by atoms with Crippen molar-refractivity contribution in [3.05, 3.63) is 65.6 Å². The summed E-state index contributed by atoms with van der Waals surface area (Å²) in [7, 11) is 1.60. The van der Waals surface area contributed by atoms with Crippen LogP contribution in [0.3, 0.4) is 0 Å². The van der Waals surface area contributed by atoms with Crippen molar-refractivity contribution >= 4 is 11.6 Å². The molecule has 5 heteroatoms. The van der Waals surface area contributed by atoms with Gasteiger partial charge >= 0.3 is 0 Å². The Morgan fingerprint density at radius 3 is 2.68 bits per heavy atom. The number of amides is 1. The Hall–Kier alpha value is -2.82. The number of aryl methyl sites for hydroxylation is 1. The van der Waals surface area contributed by atoms with Gasteiger partial charge < -0.3 is 14.5 Å². The first-order valence-electron chi connectivity index (χ1n) is 7.03. The van der Waals surface area contributed by atoms with E-state index in [0.717, 1.165) is 22.8 Å². The average Bonchev–Trinajstić information content (AvgIpc) is 2.97. The van der Waals surface area contributed by atoms with Crippen molar-refractivity contribution in [1.29, 1.82) is 0 Å². The summed E-state index contributed by atoms with van der Waals surface area (Å²) in [5.74, 6) is 0.601. The van der Waals surface area contributed by atoms with E-state index in [2.05, 4.69) is 10.3 Å². The van der Waals surface area contributed by atoms with Crippen molar-refractivity contribution < 1.29 is 9.53 Å². The minimum Gasteiger partial charge on any atom is -0.497 e. The van der Waals surface area contributed by atoms with E-state index in [9.17, 15) is 4.79 Å². The van der Waals surface area contributed by atoms with Crippen LogP contribution >= 0.6 is 0 Å². The summed E-state index contributed by atoms with van der Waals surface area (Å²) in [6.45, 7) is 2.42. The largest absolute Gasteiger partial charge is 0.497 e. The van der Waals surface area contributed by atoms with Crippen LogP contribution in [0.25, 0.3) is 5.65 Å². The first-order chi connectivity index (χ1) is 10.7. The molecule has 0 saturated carbocycles. The fraction of sp³-hybridized carbons (Fsp3) is 0.176. The Morgan fingerprint density at radius 2 is 2.00 bits per heavy atom. The molecule has 0 aliphatic carbocycles. The van der Waals surface area contributed by atoms with Crippen molar-refractivity contribution in [3.8, 4) is 5.75 Å². The lowest BCUT2D eigenvalue weighted by Gasteiger charge is -2.04. The molecule has 112 valence electrons. The summed E-state index contributed by atoms with van der Waals surface area (Å²) in [5, 5.41) is 2.88. The number of pyridine rings is 1. The summed E-state index contributed by atoms with van der Waals surface area (Å²) in [4.78, 5) is 16.6. The number of nitrogens with zero attached hydrogens (tertiary/aromatic N) is 2. The molecule has 0 fully saturated rings. The lowest BCUT2D eigenvalue weighted by molar-refractivity contribution is 0.0950. The van der Waals surface area contributed by atoms with Gasteiger partial charge in [-0.25, -0.2) is 4.98 Å². The third-order valence-corrected chi connectivity index (χ3v) is 3.53. The number of benzene rings is 1. The molecule has 3 rings (SSSR count). The van der Waals surface area contributed by atoms with Gasteiger partial charge in [-0.3, -0.25) is 4.79 Å². The van der Waals surface area contributed by atoms with Crippen LogP contribution in [0, 0.1) is 6.92 Å². The molecule has 1 aromatic carbocycles. The molecule has 5 nitrogen and oxygen atoms in total. The molecule has 2 heterocycles. The molecule has 3 aromatic rings. The predicted molar refractivity (Wildman–Crippen MR) is 84.1 cm³/mol. The topological polar surface area (TPSA) is 55.6 Å². The Labute approximate surface area is 128 Å². The minimum absolute atomic E-state index is 0.128. The van der Waals surface area contributed by atoms with Crippen LogP contribution in [0.15, 0.2) is 48.7 Å².